The summed E-state index contributed by atoms with van der Waals surface area (Å²) < 4.78 is 6.53. The van der Waals surface area contributed by atoms with Crippen LogP contribution in [0.2, 0.25) is 0 Å². The largest absolute Gasteiger partial charge is 0.361 e. The van der Waals surface area contributed by atoms with E-state index in [1.165, 1.54) is 23.1 Å². The predicted molar refractivity (Wildman–Crippen MR) is 85.4 cm³/mol. The van der Waals surface area contributed by atoms with Crippen LogP contribution in [0.1, 0.15) is 29.9 Å². The van der Waals surface area contributed by atoms with Gasteiger partial charge in [0, 0.05) is 18.0 Å². The summed E-state index contributed by atoms with van der Waals surface area (Å²) in [5, 5.41) is 13.5. The summed E-state index contributed by atoms with van der Waals surface area (Å²) in [4.78, 5) is 11.8. The van der Waals surface area contributed by atoms with Crippen LogP contribution < -0.4 is 5.32 Å². The molecule has 2 aromatic rings. The second kappa shape index (κ2) is 7.19. The molecule has 0 saturated heterocycles. The van der Waals surface area contributed by atoms with Crippen molar-refractivity contribution in [2.75, 3.05) is 12.3 Å². The molecule has 0 radical (unpaired) electrons. The summed E-state index contributed by atoms with van der Waals surface area (Å²) in [6, 6.07) is 0. The van der Waals surface area contributed by atoms with E-state index in [1.807, 2.05) is 20.8 Å². The van der Waals surface area contributed by atoms with Gasteiger partial charge in [-0.15, -0.1) is 0 Å². The van der Waals surface area contributed by atoms with E-state index in [0.717, 1.165) is 21.4 Å². The highest BCUT2D eigenvalue weighted by molar-refractivity contribution is 8.01. The summed E-state index contributed by atoms with van der Waals surface area (Å²) in [6.07, 6.45) is 0. The molecule has 0 aliphatic carbocycles. The van der Waals surface area contributed by atoms with Crippen LogP contribution in [0.5, 0.6) is 0 Å². The molecule has 0 bridgehead atoms. The van der Waals surface area contributed by atoms with Gasteiger partial charge in [-0.3, -0.25) is 9.89 Å². The SMILES string of the molecule is Cc1noc(C)c1[C@H](C)CNC(=O)CSc1n[nH]c(=S)s1. The number of H-pyrrole nitrogens is 1. The van der Waals surface area contributed by atoms with Gasteiger partial charge in [0.2, 0.25) is 5.91 Å². The molecule has 2 rings (SSSR count). The predicted octanol–water partition coefficient (Wildman–Crippen LogP) is 2.82. The van der Waals surface area contributed by atoms with E-state index in [9.17, 15) is 4.79 Å². The first-order valence-corrected chi connectivity index (χ1v) is 8.56. The number of aryl methyl sites for hydroxylation is 2. The first-order valence-electron chi connectivity index (χ1n) is 6.35. The first-order chi connectivity index (χ1) is 9.97. The minimum Gasteiger partial charge on any atom is -0.361 e. The molecule has 6 nitrogen and oxygen atoms in total. The molecule has 21 heavy (non-hydrogen) atoms. The molecule has 114 valence electrons. The molecule has 0 aromatic carbocycles. The molecule has 0 saturated carbocycles. The fraction of sp³-hybridized carbons (Fsp3) is 0.500. The lowest BCUT2D eigenvalue weighted by atomic mass is 10.00. The van der Waals surface area contributed by atoms with E-state index in [-0.39, 0.29) is 11.8 Å². The molecule has 0 fully saturated rings. The van der Waals surface area contributed by atoms with Crippen molar-refractivity contribution in [3.63, 3.8) is 0 Å². The van der Waals surface area contributed by atoms with Crippen LogP contribution in [0, 0.1) is 17.8 Å². The van der Waals surface area contributed by atoms with E-state index >= 15 is 0 Å². The van der Waals surface area contributed by atoms with Crippen LogP contribution >= 0.6 is 35.3 Å². The Hall–Kier alpha value is -1.19. The number of aromatic amines is 1. The average molecular weight is 344 g/mol. The van der Waals surface area contributed by atoms with E-state index in [1.54, 1.807) is 0 Å². The lowest BCUT2D eigenvalue weighted by Crippen LogP contribution is -2.29. The van der Waals surface area contributed by atoms with E-state index in [4.69, 9.17) is 16.7 Å². The monoisotopic (exact) mass is 344 g/mol. The zero-order valence-corrected chi connectivity index (χ0v) is 14.4. The number of hydrogen-bond donors (Lipinski definition) is 2. The fourth-order valence-corrected chi connectivity index (χ4v) is 3.93. The molecule has 0 spiro atoms. The van der Waals surface area contributed by atoms with E-state index < -0.39 is 0 Å². The van der Waals surface area contributed by atoms with Crippen molar-refractivity contribution >= 4 is 41.2 Å². The lowest BCUT2D eigenvalue weighted by Gasteiger charge is -2.12. The third-order valence-electron chi connectivity index (χ3n) is 2.93. The Morgan fingerprint density at radius 1 is 1.57 bits per heavy atom. The highest BCUT2D eigenvalue weighted by atomic mass is 32.2. The molecule has 0 aliphatic heterocycles. The highest BCUT2D eigenvalue weighted by Crippen LogP contribution is 2.23. The maximum atomic E-state index is 11.8. The minimum atomic E-state index is -0.0280. The lowest BCUT2D eigenvalue weighted by molar-refractivity contribution is -0.118. The smallest absolute Gasteiger partial charge is 0.230 e. The fourth-order valence-electron chi connectivity index (χ4n) is 2.02. The van der Waals surface area contributed by atoms with Gasteiger partial charge in [0.05, 0.1) is 11.4 Å². The number of thioether (sulfide) groups is 1. The third kappa shape index (κ3) is 4.39. The van der Waals surface area contributed by atoms with Gasteiger partial charge in [-0.25, -0.2) is 0 Å². The molecule has 0 aliphatic rings. The molecule has 0 unspecified atom stereocenters. The normalized spacial score (nSPS) is 12.3. The Morgan fingerprint density at radius 2 is 2.33 bits per heavy atom. The average Bonchev–Trinajstić information content (AvgIpc) is 3.00. The van der Waals surface area contributed by atoms with Gasteiger partial charge in [0.25, 0.3) is 0 Å². The summed E-state index contributed by atoms with van der Waals surface area (Å²) in [7, 11) is 0. The van der Waals surface area contributed by atoms with Crippen molar-refractivity contribution in [1.29, 1.82) is 0 Å². The quantitative estimate of drug-likeness (QED) is 0.619. The zero-order valence-electron chi connectivity index (χ0n) is 11.9. The highest BCUT2D eigenvalue weighted by Gasteiger charge is 2.17. The van der Waals surface area contributed by atoms with Crippen LogP contribution in [-0.4, -0.2) is 33.6 Å². The molecular weight excluding hydrogens is 328 g/mol. The van der Waals surface area contributed by atoms with Gasteiger partial charge in [-0.2, -0.15) is 5.10 Å². The van der Waals surface area contributed by atoms with Crippen LogP contribution in [0.3, 0.4) is 0 Å². The van der Waals surface area contributed by atoms with Crippen molar-refractivity contribution < 1.29 is 9.32 Å². The number of hydrogen-bond acceptors (Lipinski definition) is 7. The van der Waals surface area contributed by atoms with Gasteiger partial charge < -0.3 is 9.84 Å². The van der Waals surface area contributed by atoms with Crippen molar-refractivity contribution in [3.05, 3.63) is 21.0 Å². The molecule has 2 heterocycles. The Morgan fingerprint density at radius 3 is 2.90 bits per heavy atom. The molecule has 2 aromatic heterocycles. The first kappa shape index (κ1) is 16.2. The summed E-state index contributed by atoms with van der Waals surface area (Å²) in [6.45, 7) is 6.39. The van der Waals surface area contributed by atoms with Crippen molar-refractivity contribution in [2.45, 2.75) is 31.0 Å². The van der Waals surface area contributed by atoms with Crippen LogP contribution in [0.4, 0.5) is 0 Å². The maximum Gasteiger partial charge on any atom is 0.230 e. The Labute approximate surface area is 135 Å². The molecular formula is C12H16N4O2S3. The van der Waals surface area contributed by atoms with Crippen LogP contribution in [0.15, 0.2) is 8.86 Å². The van der Waals surface area contributed by atoms with E-state index in [2.05, 4.69) is 20.7 Å². The van der Waals surface area contributed by atoms with Crippen LogP contribution in [0.25, 0.3) is 0 Å². The molecule has 9 heteroatoms. The summed E-state index contributed by atoms with van der Waals surface area (Å²) in [5.41, 5.74) is 1.94. The summed E-state index contributed by atoms with van der Waals surface area (Å²) >= 11 is 7.68. The Bertz CT molecular complexity index is 657. The standard InChI is InChI=1S/C12H16N4O2S3/c1-6(10-7(2)16-18-8(10)3)4-13-9(17)5-20-12-15-14-11(19)21-12/h6H,4-5H2,1-3H3,(H,13,17)(H,14,19)/t6-/m1/s1. The number of nitrogens with zero attached hydrogens (tertiary/aromatic N) is 2. The Balaban J connectivity index is 1.80. The number of aromatic nitrogens is 3. The van der Waals surface area contributed by atoms with Crippen molar-refractivity contribution in [2.24, 2.45) is 0 Å². The second-order valence-corrected chi connectivity index (χ2v) is 7.50. The van der Waals surface area contributed by atoms with Gasteiger partial charge in [-0.1, -0.05) is 35.2 Å². The van der Waals surface area contributed by atoms with Gasteiger partial charge in [0.1, 0.15) is 5.76 Å². The van der Waals surface area contributed by atoms with Gasteiger partial charge in [-0.05, 0) is 26.1 Å². The second-order valence-electron chi connectivity index (χ2n) is 4.61. The molecule has 2 N–H and O–H groups in total. The number of nitrogens with one attached hydrogen (secondary N) is 2. The zero-order chi connectivity index (χ0) is 15.4. The van der Waals surface area contributed by atoms with E-state index in [0.29, 0.717) is 16.3 Å². The summed E-state index contributed by atoms with van der Waals surface area (Å²) in [5.74, 6) is 1.27. The van der Waals surface area contributed by atoms with Crippen molar-refractivity contribution in [1.82, 2.24) is 20.7 Å². The third-order valence-corrected chi connectivity index (χ3v) is 5.16. The van der Waals surface area contributed by atoms with Gasteiger partial charge in [0.15, 0.2) is 8.29 Å². The number of carbonyl (C=O) groups is 1. The number of rotatable bonds is 6. The maximum absolute atomic E-state index is 11.8. The molecule has 1 atom stereocenters. The number of carbonyl (C=O) groups excluding carboxylic acids is 1. The topological polar surface area (TPSA) is 83.8 Å². The number of amides is 1. The van der Waals surface area contributed by atoms with Gasteiger partial charge >= 0.3 is 0 Å². The minimum absolute atomic E-state index is 0.0280. The van der Waals surface area contributed by atoms with Crippen LogP contribution in [-0.2, 0) is 4.79 Å². The molecule has 1 amide bonds. The van der Waals surface area contributed by atoms with Crippen molar-refractivity contribution in [3.8, 4) is 0 Å². The Kier molecular flexibility index (Phi) is 5.54.